The van der Waals surface area contributed by atoms with Crippen molar-refractivity contribution < 1.29 is 23.9 Å². The maximum atomic E-state index is 10.9. The fraction of sp³-hybridized carbons (Fsp3) is 0.625. The second-order valence-corrected chi connectivity index (χ2v) is 2.22. The van der Waals surface area contributed by atoms with E-state index in [-0.39, 0.29) is 19.4 Å². The van der Waals surface area contributed by atoms with E-state index in [0.29, 0.717) is 0 Å². The topological polar surface area (TPSA) is 69.7 Å². The lowest BCUT2D eigenvalue weighted by Crippen LogP contribution is -2.18. The summed E-state index contributed by atoms with van der Waals surface area (Å²) in [7, 11) is 1.22. The molecule has 74 valence electrons. The van der Waals surface area contributed by atoms with Gasteiger partial charge in [-0.05, 0) is 6.92 Å². The van der Waals surface area contributed by atoms with Crippen LogP contribution in [0.15, 0.2) is 0 Å². The van der Waals surface area contributed by atoms with E-state index < -0.39 is 17.7 Å². The van der Waals surface area contributed by atoms with Crippen LogP contribution in [0.3, 0.4) is 0 Å². The third-order valence-electron chi connectivity index (χ3n) is 1.29. The summed E-state index contributed by atoms with van der Waals surface area (Å²) in [4.78, 5) is 32.2. The Labute approximate surface area is 76.0 Å². The van der Waals surface area contributed by atoms with Crippen LogP contribution >= 0.6 is 0 Å². The number of rotatable bonds is 5. The first-order valence-electron chi connectivity index (χ1n) is 3.88. The Morgan fingerprint density at radius 2 is 1.77 bits per heavy atom. The number of carbonyl (C=O) groups excluding carboxylic acids is 3. The first-order valence-corrected chi connectivity index (χ1v) is 3.88. The highest BCUT2D eigenvalue weighted by atomic mass is 16.5. The van der Waals surface area contributed by atoms with Gasteiger partial charge in [-0.25, -0.2) is 4.79 Å². The Morgan fingerprint density at radius 3 is 2.23 bits per heavy atom. The third kappa shape index (κ3) is 4.95. The van der Waals surface area contributed by atoms with Crippen LogP contribution in [0.25, 0.3) is 0 Å². The monoisotopic (exact) mass is 188 g/mol. The average molecular weight is 188 g/mol. The molecule has 0 radical (unpaired) electrons. The average Bonchev–Trinajstić information content (AvgIpc) is 2.13. The minimum Gasteiger partial charge on any atom is -0.469 e. The third-order valence-corrected chi connectivity index (χ3v) is 1.29. The van der Waals surface area contributed by atoms with Gasteiger partial charge in [0.15, 0.2) is 0 Å². The first kappa shape index (κ1) is 11.6. The Kier molecular flexibility index (Phi) is 5.50. The molecule has 0 fully saturated rings. The predicted octanol–water partition coefficient (Wildman–Crippen LogP) is 0.0718. The summed E-state index contributed by atoms with van der Waals surface area (Å²) in [6.07, 6.45) is -0.250. The highest BCUT2D eigenvalue weighted by molar-refractivity contribution is 6.33. The van der Waals surface area contributed by atoms with Gasteiger partial charge in [-0.1, -0.05) is 0 Å². The van der Waals surface area contributed by atoms with Gasteiger partial charge in [0, 0.05) is 6.42 Å². The van der Waals surface area contributed by atoms with Gasteiger partial charge >= 0.3 is 11.9 Å². The number of ether oxygens (including phenoxy) is 2. The van der Waals surface area contributed by atoms with E-state index in [4.69, 9.17) is 0 Å². The Balaban J connectivity index is 3.74. The largest absolute Gasteiger partial charge is 0.469 e. The SMILES string of the molecule is CCOC(=O)C(=O)CCC(=O)OC. The van der Waals surface area contributed by atoms with Crippen molar-refractivity contribution in [2.75, 3.05) is 13.7 Å². The molecule has 0 N–H and O–H groups in total. The maximum Gasteiger partial charge on any atom is 0.374 e. The van der Waals surface area contributed by atoms with Crippen LogP contribution < -0.4 is 0 Å². The molecule has 0 aromatic carbocycles. The lowest BCUT2D eigenvalue weighted by atomic mass is 10.2. The van der Waals surface area contributed by atoms with Gasteiger partial charge in [-0.3, -0.25) is 9.59 Å². The molecule has 5 nitrogen and oxygen atoms in total. The number of carbonyl (C=O) groups is 3. The zero-order valence-electron chi connectivity index (χ0n) is 7.66. The van der Waals surface area contributed by atoms with Crippen molar-refractivity contribution in [3.63, 3.8) is 0 Å². The molecule has 0 saturated carbocycles. The van der Waals surface area contributed by atoms with Crippen LogP contribution in [0.2, 0.25) is 0 Å². The molecule has 0 aromatic rings. The molecule has 0 atom stereocenters. The molecule has 0 rings (SSSR count). The van der Waals surface area contributed by atoms with Crippen LogP contribution in [-0.2, 0) is 23.9 Å². The van der Waals surface area contributed by atoms with Crippen molar-refractivity contribution in [1.29, 1.82) is 0 Å². The zero-order chi connectivity index (χ0) is 10.3. The molecule has 5 heteroatoms. The van der Waals surface area contributed by atoms with Crippen LogP contribution in [0.5, 0.6) is 0 Å². The second-order valence-electron chi connectivity index (χ2n) is 2.22. The summed E-state index contributed by atoms with van der Waals surface area (Å²) >= 11 is 0. The summed E-state index contributed by atoms with van der Waals surface area (Å²) in [6, 6.07) is 0. The van der Waals surface area contributed by atoms with Crippen LogP contribution in [-0.4, -0.2) is 31.4 Å². The van der Waals surface area contributed by atoms with E-state index >= 15 is 0 Å². The van der Waals surface area contributed by atoms with Gasteiger partial charge in [0.2, 0.25) is 5.78 Å². The molecule has 13 heavy (non-hydrogen) atoms. The standard InChI is InChI=1S/C8H12O5/c1-3-13-8(11)6(9)4-5-7(10)12-2/h3-5H2,1-2H3. The highest BCUT2D eigenvalue weighted by Crippen LogP contribution is 1.95. The van der Waals surface area contributed by atoms with E-state index in [0.717, 1.165) is 0 Å². The fourth-order valence-corrected chi connectivity index (χ4v) is 0.631. The molecule has 0 amide bonds. The molecule has 0 bridgehead atoms. The van der Waals surface area contributed by atoms with E-state index in [1.807, 2.05) is 0 Å². The molecular formula is C8H12O5. The molecule has 0 heterocycles. The van der Waals surface area contributed by atoms with Gasteiger partial charge in [0.1, 0.15) is 0 Å². The zero-order valence-corrected chi connectivity index (χ0v) is 7.66. The van der Waals surface area contributed by atoms with Gasteiger partial charge in [0.25, 0.3) is 0 Å². The predicted molar refractivity (Wildman–Crippen MR) is 42.9 cm³/mol. The number of methoxy groups -OCH3 is 1. The van der Waals surface area contributed by atoms with E-state index in [9.17, 15) is 14.4 Å². The molecule has 0 aliphatic carbocycles. The van der Waals surface area contributed by atoms with Crippen molar-refractivity contribution in [1.82, 2.24) is 0 Å². The summed E-state index contributed by atoms with van der Waals surface area (Å²) in [5, 5.41) is 0. The Morgan fingerprint density at radius 1 is 1.15 bits per heavy atom. The number of ketones is 1. The van der Waals surface area contributed by atoms with Crippen molar-refractivity contribution in [3.05, 3.63) is 0 Å². The summed E-state index contributed by atoms with van der Waals surface area (Å²) in [6.45, 7) is 1.76. The van der Waals surface area contributed by atoms with Gasteiger partial charge in [-0.15, -0.1) is 0 Å². The van der Waals surface area contributed by atoms with E-state index in [2.05, 4.69) is 9.47 Å². The summed E-state index contributed by atoms with van der Waals surface area (Å²) < 4.78 is 8.73. The van der Waals surface area contributed by atoms with Crippen LogP contribution in [0.1, 0.15) is 19.8 Å². The number of hydrogen-bond acceptors (Lipinski definition) is 5. The van der Waals surface area contributed by atoms with Gasteiger partial charge in [-0.2, -0.15) is 0 Å². The van der Waals surface area contributed by atoms with E-state index in [1.165, 1.54) is 7.11 Å². The fourth-order valence-electron chi connectivity index (χ4n) is 0.631. The maximum absolute atomic E-state index is 10.9. The molecule has 0 aliphatic heterocycles. The molecule has 0 aromatic heterocycles. The number of esters is 2. The highest BCUT2D eigenvalue weighted by Gasteiger charge is 2.15. The molecular weight excluding hydrogens is 176 g/mol. The normalized spacial score (nSPS) is 9.08. The van der Waals surface area contributed by atoms with Crippen molar-refractivity contribution in [2.24, 2.45) is 0 Å². The second kappa shape index (κ2) is 6.16. The van der Waals surface area contributed by atoms with Gasteiger partial charge < -0.3 is 9.47 Å². The van der Waals surface area contributed by atoms with Crippen LogP contribution in [0.4, 0.5) is 0 Å². The molecule has 0 spiro atoms. The lowest BCUT2D eigenvalue weighted by Gasteiger charge is -1.99. The van der Waals surface area contributed by atoms with E-state index in [1.54, 1.807) is 6.92 Å². The smallest absolute Gasteiger partial charge is 0.374 e. The lowest BCUT2D eigenvalue weighted by molar-refractivity contribution is -0.154. The molecule has 0 aliphatic rings. The quantitative estimate of drug-likeness (QED) is 0.451. The number of hydrogen-bond donors (Lipinski definition) is 0. The Hall–Kier alpha value is -1.39. The molecule has 0 saturated heterocycles. The minimum atomic E-state index is -0.897. The van der Waals surface area contributed by atoms with Gasteiger partial charge in [0.05, 0.1) is 20.1 Å². The first-order chi connectivity index (χ1) is 6.11. The summed E-state index contributed by atoms with van der Waals surface area (Å²) in [5.41, 5.74) is 0. The number of Topliss-reactive ketones (excluding diaryl/α,β-unsaturated/α-hetero) is 1. The van der Waals surface area contributed by atoms with Crippen LogP contribution in [0, 0.1) is 0 Å². The Bertz CT molecular complexity index is 209. The summed E-state index contributed by atoms with van der Waals surface area (Å²) in [5.74, 6) is -2.11. The van der Waals surface area contributed by atoms with Crippen molar-refractivity contribution >= 4 is 17.7 Å². The van der Waals surface area contributed by atoms with Crippen molar-refractivity contribution in [2.45, 2.75) is 19.8 Å². The molecule has 0 unspecified atom stereocenters. The minimum absolute atomic E-state index is 0.0891. The van der Waals surface area contributed by atoms with Crippen molar-refractivity contribution in [3.8, 4) is 0 Å².